The van der Waals surface area contributed by atoms with Gasteiger partial charge in [-0.15, -0.1) is 11.3 Å². The maximum atomic E-state index is 13.4. The monoisotopic (exact) mass is 406 g/mol. The van der Waals surface area contributed by atoms with Gasteiger partial charge in [0.15, 0.2) is 0 Å². The number of nitrogens with zero attached hydrogens (tertiary/aromatic N) is 1. The molecule has 2 aromatic rings. The van der Waals surface area contributed by atoms with Gasteiger partial charge in [-0.05, 0) is 54.5 Å². The van der Waals surface area contributed by atoms with Gasteiger partial charge in [0.2, 0.25) is 15.9 Å². The normalized spacial score (nSPS) is 19.9. The maximum Gasteiger partial charge on any atom is 0.243 e. The molecular formula is C19H22N2O4S2. The molecule has 27 heavy (non-hydrogen) atoms. The lowest BCUT2D eigenvalue weighted by molar-refractivity contribution is -0.116. The number of ether oxygens (including phenoxy) is 1. The number of rotatable bonds is 6. The minimum atomic E-state index is -3.66. The van der Waals surface area contributed by atoms with E-state index in [-0.39, 0.29) is 16.9 Å². The molecule has 1 aromatic carbocycles. The zero-order valence-corrected chi connectivity index (χ0v) is 16.5. The SMILES string of the molecule is O=C1CCc2cc(S(=O)(=O)N(Cc3cccs3)C[C@H]3CCCO3)ccc2N1. The summed E-state index contributed by atoms with van der Waals surface area (Å²) in [7, 11) is -3.66. The molecule has 144 valence electrons. The molecule has 1 amide bonds. The van der Waals surface area contributed by atoms with E-state index in [4.69, 9.17) is 4.74 Å². The molecule has 0 unspecified atom stereocenters. The quantitative estimate of drug-likeness (QED) is 0.800. The third kappa shape index (κ3) is 4.08. The van der Waals surface area contributed by atoms with Crippen LogP contribution in [0.3, 0.4) is 0 Å². The number of amides is 1. The smallest absolute Gasteiger partial charge is 0.243 e. The fourth-order valence-corrected chi connectivity index (χ4v) is 5.81. The molecule has 6 nitrogen and oxygen atoms in total. The summed E-state index contributed by atoms with van der Waals surface area (Å²) in [5.74, 6) is -0.0317. The van der Waals surface area contributed by atoms with Gasteiger partial charge in [0.25, 0.3) is 0 Å². The predicted molar refractivity (Wildman–Crippen MR) is 104 cm³/mol. The van der Waals surface area contributed by atoms with Gasteiger partial charge < -0.3 is 10.1 Å². The molecule has 1 aromatic heterocycles. The average molecular weight is 407 g/mol. The Labute approximate surface area is 163 Å². The molecule has 0 bridgehead atoms. The summed E-state index contributed by atoms with van der Waals surface area (Å²) >= 11 is 1.55. The van der Waals surface area contributed by atoms with E-state index in [1.807, 2.05) is 17.5 Å². The van der Waals surface area contributed by atoms with E-state index in [1.165, 1.54) is 4.31 Å². The van der Waals surface area contributed by atoms with Crippen LogP contribution in [0.25, 0.3) is 0 Å². The van der Waals surface area contributed by atoms with Crippen LogP contribution < -0.4 is 5.32 Å². The summed E-state index contributed by atoms with van der Waals surface area (Å²) in [4.78, 5) is 12.8. The Morgan fingerprint density at radius 3 is 2.89 bits per heavy atom. The van der Waals surface area contributed by atoms with E-state index < -0.39 is 10.0 Å². The zero-order chi connectivity index (χ0) is 18.9. The number of benzene rings is 1. The van der Waals surface area contributed by atoms with Gasteiger partial charge in [-0.25, -0.2) is 8.42 Å². The standard InChI is InChI=1S/C19H22N2O4S2/c22-19-8-5-14-11-17(6-7-18(14)20-19)27(23,24)21(12-15-3-1-9-25-15)13-16-4-2-10-26-16/h2,4,6-7,10-11,15H,1,3,5,8-9,12-13H2,(H,20,22)/t15-/m1/s1. The molecule has 2 aliphatic heterocycles. The van der Waals surface area contributed by atoms with Crippen LogP contribution in [-0.4, -0.2) is 37.9 Å². The molecule has 1 N–H and O–H groups in total. The first-order valence-electron chi connectivity index (χ1n) is 9.09. The molecule has 1 saturated heterocycles. The zero-order valence-electron chi connectivity index (χ0n) is 14.9. The van der Waals surface area contributed by atoms with Gasteiger partial charge in [-0.2, -0.15) is 4.31 Å². The van der Waals surface area contributed by atoms with Crippen molar-refractivity contribution in [3.8, 4) is 0 Å². The van der Waals surface area contributed by atoms with Crippen molar-refractivity contribution in [1.29, 1.82) is 0 Å². The van der Waals surface area contributed by atoms with E-state index in [0.29, 0.717) is 38.2 Å². The minimum absolute atomic E-state index is 0.0317. The molecular weight excluding hydrogens is 384 g/mol. The summed E-state index contributed by atoms with van der Waals surface area (Å²) < 4.78 is 34.0. The van der Waals surface area contributed by atoms with E-state index in [1.54, 1.807) is 29.5 Å². The van der Waals surface area contributed by atoms with Crippen molar-refractivity contribution in [2.24, 2.45) is 0 Å². The summed E-state index contributed by atoms with van der Waals surface area (Å²) in [5, 5.41) is 4.75. The molecule has 2 aliphatic rings. The number of fused-ring (bicyclic) bond motifs is 1. The Bertz CT molecular complexity index is 919. The Morgan fingerprint density at radius 1 is 1.26 bits per heavy atom. The van der Waals surface area contributed by atoms with E-state index in [2.05, 4.69) is 5.32 Å². The number of thiophene rings is 1. The highest BCUT2D eigenvalue weighted by molar-refractivity contribution is 7.89. The minimum Gasteiger partial charge on any atom is -0.377 e. The second kappa shape index (κ2) is 7.71. The largest absolute Gasteiger partial charge is 0.377 e. The number of sulfonamides is 1. The molecule has 0 aliphatic carbocycles. The van der Waals surface area contributed by atoms with E-state index in [9.17, 15) is 13.2 Å². The average Bonchev–Trinajstić information content (AvgIpc) is 3.34. The molecule has 0 radical (unpaired) electrons. The second-order valence-corrected chi connectivity index (χ2v) is 9.85. The van der Waals surface area contributed by atoms with Crippen molar-refractivity contribution in [2.45, 2.75) is 43.2 Å². The number of hydrogen-bond acceptors (Lipinski definition) is 5. The number of hydrogen-bond donors (Lipinski definition) is 1. The van der Waals surface area contributed by atoms with Crippen LogP contribution in [0.1, 0.15) is 29.7 Å². The third-order valence-corrected chi connectivity index (χ3v) is 7.62. The van der Waals surface area contributed by atoms with Crippen molar-refractivity contribution in [3.63, 3.8) is 0 Å². The second-order valence-electron chi connectivity index (χ2n) is 6.88. The summed E-state index contributed by atoms with van der Waals surface area (Å²) in [5.41, 5.74) is 1.57. The van der Waals surface area contributed by atoms with Crippen molar-refractivity contribution < 1.29 is 17.9 Å². The van der Waals surface area contributed by atoms with Crippen LogP contribution in [0, 0.1) is 0 Å². The molecule has 3 heterocycles. The first-order valence-corrected chi connectivity index (χ1v) is 11.4. The Balaban J connectivity index is 1.63. The van der Waals surface area contributed by atoms with Crippen LogP contribution >= 0.6 is 11.3 Å². The van der Waals surface area contributed by atoms with Crippen LogP contribution in [0.4, 0.5) is 5.69 Å². The Hall–Kier alpha value is -1.74. The topological polar surface area (TPSA) is 75.7 Å². The number of carbonyl (C=O) groups excluding carboxylic acids is 1. The van der Waals surface area contributed by atoms with Crippen molar-refractivity contribution in [1.82, 2.24) is 4.31 Å². The van der Waals surface area contributed by atoms with Crippen molar-refractivity contribution in [2.75, 3.05) is 18.5 Å². The van der Waals surface area contributed by atoms with Gasteiger partial charge >= 0.3 is 0 Å². The van der Waals surface area contributed by atoms with Gasteiger partial charge in [-0.3, -0.25) is 4.79 Å². The van der Waals surface area contributed by atoms with Crippen LogP contribution in [0.2, 0.25) is 0 Å². The van der Waals surface area contributed by atoms with Gasteiger partial charge in [0, 0.05) is 36.7 Å². The molecule has 4 rings (SSSR count). The molecule has 1 atom stereocenters. The molecule has 0 saturated carbocycles. The molecule has 1 fully saturated rings. The number of anilines is 1. The van der Waals surface area contributed by atoms with Gasteiger partial charge in [0.05, 0.1) is 11.0 Å². The maximum absolute atomic E-state index is 13.4. The predicted octanol–water partition coefficient (Wildman–Crippen LogP) is 3.00. The molecule has 8 heteroatoms. The molecule has 0 spiro atoms. The highest BCUT2D eigenvalue weighted by Crippen LogP contribution is 2.29. The summed E-state index contributed by atoms with van der Waals surface area (Å²) in [6.45, 7) is 1.39. The van der Waals surface area contributed by atoms with Crippen LogP contribution in [0.5, 0.6) is 0 Å². The number of nitrogens with one attached hydrogen (secondary N) is 1. The highest BCUT2D eigenvalue weighted by atomic mass is 32.2. The fourth-order valence-electron chi connectivity index (χ4n) is 3.51. The lowest BCUT2D eigenvalue weighted by atomic mass is 10.0. The lowest BCUT2D eigenvalue weighted by Crippen LogP contribution is -2.36. The summed E-state index contributed by atoms with van der Waals surface area (Å²) in [6, 6.07) is 8.84. The van der Waals surface area contributed by atoms with E-state index in [0.717, 1.165) is 23.3 Å². The summed E-state index contributed by atoms with van der Waals surface area (Å²) in [6.07, 6.45) is 2.73. The number of carbonyl (C=O) groups is 1. The van der Waals surface area contributed by atoms with Crippen molar-refractivity contribution >= 4 is 33.0 Å². The Morgan fingerprint density at radius 2 is 2.15 bits per heavy atom. The third-order valence-electron chi connectivity index (χ3n) is 4.95. The van der Waals surface area contributed by atoms with Crippen LogP contribution in [0.15, 0.2) is 40.6 Å². The van der Waals surface area contributed by atoms with E-state index >= 15 is 0 Å². The highest BCUT2D eigenvalue weighted by Gasteiger charge is 2.30. The lowest BCUT2D eigenvalue weighted by Gasteiger charge is -2.25. The number of aryl methyl sites for hydroxylation is 1. The van der Waals surface area contributed by atoms with Gasteiger partial charge in [-0.1, -0.05) is 6.07 Å². The first-order chi connectivity index (χ1) is 13.0. The van der Waals surface area contributed by atoms with Gasteiger partial charge in [0.1, 0.15) is 0 Å². The fraction of sp³-hybridized carbons (Fsp3) is 0.421. The van der Waals surface area contributed by atoms with Crippen LogP contribution in [-0.2, 0) is 32.5 Å². The Kier molecular flexibility index (Phi) is 5.32. The first kappa shape index (κ1) is 18.6. The van der Waals surface area contributed by atoms with Crippen molar-refractivity contribution in [3.05, 3.63) is 46.2 Å².